The van der Waals surface area contributed by atoms with Crippen LogP contribution in [0.5, 0.6) is 0 Å². The second-order valence-corrected chi connectivity index (χ2v) is 8.37. The molecule has 4 N–H and O–H groups in total. The van der Waals surface area contributed by atoms with Crippen LogP contribution in [0.15, 0.2) is 0 Å². The number of unbranched alkanes of at least 4 members (excludes halogenated alkanes) is 8. The number of aliphatic hydroxyl groups is 2. The van der Waals surface area contributed by atoms with Gasteiger partial charge >= 0.3 is 37.4 Å². The number of rotatable bonds is 16. The maximum absolute atomic E-state index is 9.93. The van der Waals surface area contributed by atoms with Crippen LogP contribution in [0, 0.1) is 5.92 Å². The first-order valence-electron chi connectivity index (χ1n) is 10.3. The van der Waals surface area contributed by atoms with Crippen LogP contribution in [0.4, 0.5) is 0 Å². The third kappa shape index (κ3) is 31.9. The Morgan fingerprint density at radius 1 is 0.852 bits per heavy atom. The first-order valence-corrected chi connectivity index (χ1v) is 11.8. The van der Waals surface area contributed by atoms with Crippen LogP contribution < -0.4 is 0 Å². The van der Waals surface area contributed by atoms with E-state index in [2.05, 4.69) is 25.3 Å². The molecule has 0 aromatic carbocycles. The van der Waals surface area contributed by atoms with Crippen LogP contribution in [0.1, 0.15) is 97.8 Å². The first kappa shape index (κ1) is 32.7. The fourth-order valence-electron chi connectivity index (χ4n) is 2.57. The van der Waals surface area contributed by atoms with Crippen molar-refractivity contribution >= 4 is 37.4 Å². The molecule has 8 heteroatoms. The zero-order valence-corrected chi connectivity index (χ0v) is 18.0. The molecule has 0 radical (unpaired) electrons. The summed E-state index contributed by atoms with van der Waals surface area (Å²) in [5.74, 6) is 0.975. The van der Waals surface area contributed by atoms with Crippen molar-refractivity contribution in [1.29, 1.82) is 0 Å². The minimum atomic E-state index is -4.50. The number of phosphoric acid groups is 1. The van der Waals surface area contributed by atoms with E-state index in [9.17, 15) is 4.57 Å². The van der Waals surface area contributed by atoms with E-state index in [4.69, 9.17) is 20.0 Å². The molecule has 0 aliphatic rings. The third-order valence-electron chi connectivity index (χ3n) is 4.25. The molecule has 0 aliphatic heterocycles. The average Bonchev–Trinajstić information content (AvgIpc) is 2.59. The quantitative estimate of drug-likeness (QED) is 0.169. The van der Waals surface area contributed by atoms with Gasteiger partial charge in [-0.25, -0.2) is 4.57 Å². The Kier molecular flexibility index (Phi) is 28.2. The molecule has 0 spiro atoms. The maximum atomic E-state index is 9.93. The fraction of sp³-hybridized carbons (Fsp3) is 1.00. The van der Waals surface area contributed by atoms with Gasteiger partial charge in [0.1, 0.15) is 6.10 Å². The van der Waals surface area contributed by atoms with Crippen molar-refractivity contribution in [3.8, 4) is 0 Å². The van der Waals surface area contributed by atoms with Gasteiger partial charge in [-0.3, -0.25) is 4.52 Å². The molecule has 162 valence electrons. The summed E-state index contributed by atoms with van der Waals surface area (Å²) in [6, 6.07) is 0. The molecule has 0 rings (SSSR count). The Balaban J connectivity index is -0.000000454. The molecule has 0 saturated heterocycles. The van der Waals surface area contributed by atoms with Crippen LogP contribution in [0.25, 0.3) is 0 Å². The normalized spacial score (nSPS) is 13.3. The van der Waals surface area contributed by atoms with E-state index < -0.39 is 27.1 Å². The van der Waals surface area contributed by atoms with E-state index in [1.807, 2.05) is 0 Å². The first-order chi connectivity index (χ1) is 12.3. The SMILES string of the molecule is CCCCCCCCC(C)CCCCCC.O=P(O)(O)OCC(O)CO.[NaH]. The van der Waals surface area contributed by atoms with Gasteiger partial charge in [-0.2, -0.15) is 0 Å². The molecule has 0 aromatic heterocycles. The summed E-state index contributed by atoms with van der Waals surface area (Å²) in [6.07, 6.45) is 16.1. The van der Waals surface area contributed by atoms with Crippen molar-refractivity contribution < 1.29 is 29.1 Å². The molecule has 0 amide bonds. The second-order valence-electron chi connectivity index (χ2n) is 7.13. The van der Waals surface area contributed by atoms with Crippen LogP contribution in [0.3, 0.4) is 0 Å². The molecule has 6 nitrogen and oxygen atoms in total. The van der Waals surface area contributed by atoms with E-state index in [1.165, 1.54) is 77.0 Å². The topological polar surface area (TPSA) is 107 Å². The van der Waals surface area contributed by atoms with Crippen molar-refractivity contribution in [2.45, 2.75) is 104 Å². The molecule has 0 fully saturated rings. The number of hydrogen-bond acceptors (Lipinski definition) is 4. The molecule has 27 heavy (non-hydrogen) atoms. The molecule has 0 bridgehead atoms. The zero-order valence-electron chi connectivity index (χ0n) is 17.1. The predicted octanol–water partition coefficient (Wildman–Crippen LogP) is 4.14. The van der Waals surface area contributed by atoms with Crippen molar-refractivity contribution in [3.63, 3.8) is 0 Å². The molecule has 0 heterocycles. The second kappa shape index (κ2) is 23.3. The van der Waals surface area contributed by atoms with E-state index in [0.717, 1.165) is 5.92 Å². The van der Waals surface area contributed by atoms with Gasteiger partial charge in [-0.1, -0.05) is 97.8 Å². The summed E-state index contributed by atoms with van der Waals surface area (Å²) in [5.41, 5.74) is 0. The molecule has 0 aromatic rings. The number of hydrogen-bond donors (Lipinski definition) is 4. The summed E-state index contributed by atoms with van der Waals surface area (Å²) in [7, 11) is -4.50. The summed E-state index contributed by atoms with van der Waals surface area (Å²) < 4.78 is 13.8. The molecular weight excluding hydrogens is 378 g/mol. The van der Waals surface area contributed by atoms with Gasteiger partial charge < -0.3 is 20.0 Å². The Morgan fingerprint density at radius 2 is 1.26 bits per heavy atom. The van der Waals surface area contributed by atoms with Gasteiger partial charge in [-0.05, 0) is 5.92 Å². The molecule has 2 atom stereocenters. The van der Waals surface area contributed by atoms with Crippen LogP contribution in [-0.4, -0.2) is 68.9 Å². The Hall–Kier alpha value is 1.03. The summed E-state index contributed by atoms with van der Waals surface area (Å²) in [5, 5.41) is 16.7. The van der Waals surface area contributed by atoms with Crippen molar-refractivity contribution in [1.82, 2.24) is 0 Å². The Labute approximate surface area is 189 Å². The average molecular weight is 423 g/mol. The monoisotopic (exact) mass is 422 g/mol. The van der Waals surface area contributed by atoms with Crippen molar-refractivity contribution in [3.05, 3.63) is 0 Å². The predicted molar refractivity (Wildman–Crippen MR) is 114 cm³/mol. The molecule has 0 saturated carbocycles. The van der Waals surface area contributed by atoms with Crippen LogP contribution in [-0.2, 0) is 9.09 Å². The molecular formula is C19H44NaO6P. The van der Waals surface area contributed by atoms with E-state index in [0.29, 0.717) is 0 Å². The van der Waals surface area contributed by atoms with Gasteiger partial charge in [0.2, 0.25) is 0 Å². The number of aliphatic hydroxyl groups excluding tert-OH is 2. The van der Waals surface area contributed by atoms with Gasteiger partial charge in [-0.15, -0.1) is 0 Å². The fourth-order valence-corrected chi connectivity index (χ4v) is 2.94. The van der Waals surface area contributed by atoms with E-state index in [-0.39, 0.29) is 29.6 Å². The van der Waals surface area contributed by atoms with Crippen LogP contribution in [0.2, 0.25) is 0 Å². The Morgan fingerprint density at radius 3 is 1.67 bits per heavy atom. The van der Waals surface area contributed by atoms with E-state index >= 15 is 0 Å². The zero-order chi connectivity index (χ0) is 20.3. The van der Waals surface area contributed by atoms with E-state index in [1.54, 1.807) is 0 Å². The van der Waals surface area contributed by atoms with Gasteiger partial charge in [0.25, 0.3) is 0 Å². The summed E-state index contributed by atoms with van der Waals surface area (Å²) >= 11 is 0. The summed E-state index contributed by atoms with van der Waals surface area (Å²) in [6.45, 7) is 5.87. The molecule has 0 aliphatic carbocycles. The van der Waals surface area contributed by atoms with Gasteiger partial charge in [0.05, 0.1) is 13.2 Å². The number of phosphoric ester groups is 1. The standard InChI is InChI=1S/C16H34.C3H9O6P.Na.H/c1-4-6-8-10-11-13-15-16(3)14-12-9-7-5-2;4-1-3(5)2-9-10(6,7)8;;/h16H,4-15H2,1-3H3;3-5H,1-2H2,(H2,6,7,8);;. The Bertz CT molecular complexity index is 327. The van der Waals surface area contributed by atoms with Crippen molar-refractivity contribution in [2.24, 2.45) is 5.92 Å². The van der Waals surface area contributed by atoms with Crippen molar-refractivity contribution in [2.75, 3.05) is 13.2 Å². The molecule has 2 unspecified atom stereocenters. The van der Waals surface area contributed by atoms with Gasteiger partial charge in [0, 0.05) is 0 Å². The van der Waals surface area contributed by atoms with Gasteiger partial charge in [0.15, 0.2) is 0 Å². The minimum absolute atomic E-state index is 0. The summed E-state index contributed by atoms with van der Waals surface area (Å²) in [4.78, 5) is 16.1. The third-order valence-corrected chi connectivity index (χ3v) is 4.73. The van der Waals surface area contributed by atoms with Crippen LogP contribution >= 0.6 is 7.82 Å².